The topological polar surface area (TPSA) is 28.2 Å². The van der Waals surface area contributed by atoms with Gasteiger partial charge in [0.1, 0.15) is 17.5 Å². The molecule has 0 saturated carbocycles. The van der Waals surface area contributed by atoms with E-state index in [1.165, 1.54) is 12.1 Å². The summed E-state index contributed by atoms with van der Waals surface area (Å²) in [7, 11) is 0. The minimum atomic E-state index is -0.237. The monoisotopic (exact) mass is 259 g/mol. The van der Waals surface area contributed by atoms with E-state index >= 15 is 0 Å². The molecule has 1 N–H and O–H groups in total. The molecule has 1 aromatic carbocycles. The molecule has 0 aliphatic rings. The molecule has 100 valence electrons. The van der Waals surface area contributed by atoms with Crippen LogP contribution in [0.25, 0.3) is 0 Å². The zero-order chi connectivity index (χ0) is 13.7. The Kier molecular flexibility index (Phi) is 4.34. The second-order valence-electron chi connectivity index (χ2n) is 4.14. The van der Waals surface area contributed by atoms with Gasteiger partial charge in [0, 0.05) is 18.8 Å². The number of pyridine rings is 1. The Balaban J connectivity index is 2.33. The van der Waals surface area contributed by atoms with Gasteiger partial charge in [0.05, 0.1) is 0 Å². The molecule has 2 aromatic rings. The second-order valence-corrected chi connectivity index (χ2v) is 4.14. The summed E-state index contributed by atoms with van der Waals surface area (Å²) < 4.78 is 13.3. The van der Waals surface area contributed by atoms with Crippen LogP contribution in [-0.4, -0.2) is 18.1 Å². The van der Waals surface area contributed by atoms with Crippen LogP contribution in [0.3, 0.4) is 0 Å². The van der Waals surface area contributed by atoms with Crippen LogP contribution in [0.15, 0.2) is 42.5 Å². The van der Waals surface area contributed by atoms with E-state index in [0.717, 1.165) is 30.4 Å². The number of nitrogens with one attached hydrogen (secondary N) is 1. The Labute approximate surface area is 113 Å². The SMILES string of the molecule is CCNc1cccc(N(CC)c2cccc(F)c2)n1. The van der Waals surface area contributed by atoms with Crippen molar-refractivity contribution in [2.24, 2.45) is 0 Å². The number of benzene rings is 1. The lowest BCUT2D eigenvalue weighted by Gasteiger charge is -2.22. The molecule has 4 heteroatoms. The highest BCUT2D eigenvalue weighted by atomic mass is 19.1. The second kappa shape index (κ2) is 6.18. The highest BCUT2D eigenvalue weighted by Gasteiger charge is 2.09. The van der Waals surface area contributed by atoms with Gasteiger partial charge in [-0.3, -0.25) is 0 Å². The molecule has 3 nitrogen and oxygen atoms in total. The molecule has 0 unspecified atom stereocenters. The van der Waals surface area contributed by atoms with E-state index in [1.54, 1.807) is 6.07 Å². The van der Waals surface area contributed by atoms with Crippen molar-refractivity contribution >= 4 is 17.3 Å². The molecule has 0 saturated heterocycles. The van der Waals surface area contributed by atoms with E-state index in [-0.39, 0.29) is 5.82 Å². The summed E-state index contributed by atoms with van der Waals surface area (Å²) in [5.74, 6) is 1.40. The normalized spacial score (nSPS) is 10.3. The van der Waals surface area contributed by atoms with Crippen molar-refractivity contribution in [1.29, 1.82) is 0 Å². The first kappa shape index (κ1) is 13.3. The first-order chi connectivity index (χ1) is 9.24. The summed E-state index contributed by atoms with van der Waals surface area (Å²) >= 11 is 0. The third kappa shape index (κ3) is 3.22. The average molecular weight is 259 g/mol. The molecule has 0 amide bonds. The fraction of sp³-hybridized carbons (Fsp3) is 0.267. The highest BCUT2D eigenvalue weighted by molar-refractivity contribution is 5.61. The molecule has 0 atom stereocenters. The Morgan fingerprint density at radius 2 is 1.95 bits per heavy atom. The quantitative estimate of drug-likeness (QED) is 0.885. The summed E-state index contributed by atoms with van der Waals surface area (Å²) in [5, 5.41) is 3.18. The van der Waals surface area contributed by atoms with Gasteiger partial charge in [0.15, 0.2) is 0 Å². The van der Waals surface area contributed by atoms with Crippen LogP contribution in [0.5, 0.6) is 0 Å². The van der Waals surface area contributed by atoms with Gasteiger partial charge in [-0.05, 0) is 44.2 Å². The Bertz CT molecular complexity index is 542. The van der Waals surface area contributed by atoms with Crippen LogP contribution >= 0.6 is 0 Å². The lowest BCUT2D eigenvalue weighted by molar-refractivity contribution is 0.627. The lowest BCUT2D eigenvalue weighted by Crippen LogP contribution is -2.18. The largest absolute Gasteiger partial charge is 0.370 e. The Morgan fingerprint density at radius 1 is 1.16 bits per heavy atom. The molecule has 1 aromatic heterocycles. The van der Waals surface area contributed by atoms with E-state index in [2.05, 4.69) is 10.3 Å². The van der Waals surface area contributed by atoms with Gasteiger partial charge in [0.25, 0.3) is 0 Å². The Morgan fingerprint density at radius 3 is 2.63 bits per heavy atom. The molecule has 0 aliphatic carbocycles. The van der Waals surface area contributed by atoms with Crippen molar-refractivity contribution in [3.8, 4) is 0 Å². The van der Waals surface area contributed by atoms with E-state index in [4.69, 9.17) is 0 Å². The van der Waals surface area contributed by atoms with Crippen LogP contribution < -0.4 is 10.2 Å². The number of hydrogen-bond acceptors (Lipinski definition) is 3. The van der Waals surface area contributed by atoms with Crippen LogP contribution in [0.2, 0.25) is 0 Å². The summed E-state index contributed by atoms with van der Waals surface area (Å²) in [6, 6.07) is 12.4. The molecule has 19 heavy (non-hydrogen) atoms. The van der Waals surface area contributed by atoms with Crippen molar-refractivity contribution in [2.75, 3.05) is 23.3 Å². The van der Waals surface area contributed by atoms with Crippen molar-refractivity contribution in [3.63, 3.8) is 0 Å². The van der Waals surface area contributed by atoms with Crippen molar-refractivity contribution < 1.29 is 4.39 Å². The maximum Gasteiger partial charge on any atom is 0.135 e. The molecule has 0 spiro atoms. The minimum absolute atomic E-state index is 0.237. The summed E-state index contributed by atoms with van der Waals surface area (Å²) in [4.78, 5) is 6.51. The number of nitrogens with zero attached hydrogens (tertiary/aromatic N) is 2. The minimum Gasteiger partial charge on any atom is -0.370 e. The Hall–Kier alpha value is -2.10. The van der Waals surface area contributed by atoms with Crippen LogP contribution in [0, 0.1) is 5.82 Å². The highest BCUT2D eigenvalue weighted by Crippen LogP contribution is 2.24. The number of hydrogen-bond donors (Lipinski definition) is 1. The first-order valence-corrected chi connectivity index (χ1v) is 6.48. The molecule has 0 bridgehead atoms. The summed E-state index contributed by atoms with van der Waals surface area (Å²) in [6.07, 6.45) is 0. The molecular formula is C15H18FN3. The maximum atomic E-state index is 13.3. The van der Waals surface area contributed by atoms with Gasteiger partial charge in [-0.25, -0.2) is 9.37 Å². The van der Waals surface area contributed by atoms with Gasteiger partial charge >= 0.3 is 0 Å². The molecule has 0 fully saturated rings. The maximum absolute atomic E-state index is 13.3. The van der Waals surface area contributed by atoms with Gasteiger partial charge in [-0.1, -0.05) is 12.1 Å². The van der Waals surface area contributed by atoms with Gasteiger partial charge in [-0.15, -0.1) is 0 Å². The zero-order valence-electron chi connectivity index (χ0n) is 11.2. The van der Waals surface area contributed by atoms with Gasteiger partial charge < -0.3 is 10.2 Å². The van der Waals surface area contributed by atoms with E-state index < -0.39 is 0 Å². The smallest absolute Gasteiger partial charge is 0.135 e. The van der Waals surface area contributed by atoms with Crippen molar-refractivity contribution in [3.05, 3.63) is 48.3 Å². The predicted molar refractivity (Wildman–Crippen MR) is 77.5 cm³/mol. The van der Waals surface area contributed by atoms with Gasteiger partial charge in [-0.2, -0.15) is 0 Å². The number of aromatic nitrogens is 1. The third-order valence-corrected chi connectivity index (χ3v) is 2.80. The number of rotatable bonds is 5. The van der Waals surface area contributed by atoms with Crippen molar-refractivity contribution in [2.45, 2.75) is 13.8 Å². The van der Waals surface area contributed by atoms with E-state index in [9.17, 15) is 4.39 Å². The van der Waals surface area contributed by atoms with Gasteiger partial charge in [0.2, 0.25) is 0 Å². The number of halogens is 1. The summed E-state index contributed by atoms with van der Waals surface area (Å²) in [6.45, 7) is 5.60. The standard InChI is InChI=1S/C15H18FN3/c1-3-17-14-9-6-10-15(18-14)19(4-2)13-8-5-7-12(16)11-13/h5-11H,3-4H2,1-2H3,(H,17,18). The van der Waals surface area contributed by atoms with Crippen molar-refractivity contribution in [1.82, 2.24) is 4.98 Å². The van der Waals surface area contributed by atoms with Crippen LogP contribution in [0.4, 0.5) is 21.7 Å². The molecule has 2 rings (SSSR count). The average Bonchev–Trinajstić information content (AvgIpc) is 2.41. The first-order valence-electron chi connectivity index (χ1n) is 6.48. The molecule has 0 radical (unpaired) electrons. The zero-order valence-corrected chi connectivity index (χ0v) is 11.2. The fourth-order valence-corrected chi connectivity index (χ4v) is 1.97. The summed E-state index contributed by atoms with van der Waals surface area (Å²) in [5.41, 5.74) is 0.809. The van der Waals surface area contributed by atoms with E-state index in [1.807, 2.05) is 43.0 Å². The molecule has 1 heterocycles. The van der Waals surface area contributed by atoms with Crippen LogP contribution in [0.1, 0.15) is 13.8 Å². The third-order valence-electron chi connectivity index (χ3n) is 2.80. The molecule has 0 aliphatic heterocycles. The molecular weight excluding hydrogens is 241 g/mol. The fourth-order valence-electron chi connectivity index (χ4n) is 1.97. The number of anilines is 3. The lowest BCUT2D eigenvalue weighted by atomic mass is 10.2. The van der Waals surface area contributed by atoms with Crippen LogP contribution in [-0.2, 0) is 0 Å². The predicted octanol–water partition coefficient (Wildman–Crippen LogP) is 3.81. The van der Waals surface area contributed by atoms with E-state index in [0.29, 0.717) is 0 Å².